The Bertz CT molecular complexity index is 198. The monoisotopic (exact) mass is 199 g/mol. The van der Waals surface area contributed by atoms with Gasteiger partial charge < -0.3 is 5.11 Å². The van der Waals surface area contributed by atoms with Gasteiger partial charge in [0.05, 0.1) is 0 Å². The molecule has 4 heteroatoms. The van der Waals surface area contributed by atoms with E-state index >= 15 is 0 Å². The van der Waals surface area contributed by atoms with E-state index < -0.39 is 0 Å². The highest BCUT2D eigenvalue weighted by Crippen LogP contribution is 2.20. The van der Waals surface area contributed by atoms with Crippen molar-refractivity contribution in [2.24, 2.45) is 11.0 Å². The van der Waals surface area contributed by atoms with Gasteiger partial charge in [-0.25, -0.2) is 0 Å². The molecule has 0 aromatic heterocycles. The normalized spacial score (nSPS) is 13.4. The molecule has 0 aliphatic rings. The van der Waals surface area contributed by atoms with E-state index in [-0.39, 0.29) is 12.1 Å². The molecule has 0 aliphatic carbocycles. The lowest BCUT2D eigenvalue weighted by Gasteiger charge is -2.18. The summed E-state index contributed by atoms with van der Waals surface area (Å²) < 4.78 is 0. The molecule has 14 heavy (non-hydrogen) atoms. The third-order valence-corrected chi connectivity index (χ3v) is 2.42. The van der Waals surface area contributed by atoms with Crippen LogP contribution in [0.1, 0.15) is 46.5 Å². The Balaban J connectivity index is 3.67. The Morgan fingerprint density at radius 3 is 2.57 bits per heavy atom. The van der Waals surface area contributed by atoms with Crippen LogP contribution in [-0.2, 0) is 0 Å². The molecule has 82 valence electrons. The van der Waals surface area contributed by atoms with Gasteiger partial charge >= 0.3 is 0 Å². The number of hydrogen-bond donors (Lipinski definition) is 1. The maximum atomic E-state index is 8.71. The van der Waals surface area contributed by atoms with Crippen molar-refractivity contribution in [1.82, 2.24) is 0 Å². The molecule has 0 radical (unpaired) electrons. The van der Waals surface area contributed by atoms with Crippen LogP contribution in [0.3, 0.4) is 0 Å². The topological polar surface area (TPSA) is 69.0 Å². The number of aliphatic hydroxyl groups is 1. The van der Waals surface area contributed by atoms with Crippen molar-refractivity contribution < 1.29 is 5.11 Å². The van der Waals surface area contributed by atoms with Crippen LogP contribution >= 0.6 is 0 Å². The molecule has 0 fully saturated rings. The van der Waals surface area contributed by atoms with E-state index in [1.54, 1.807) is 0 Å². The van der Waals surface area contributed by atoms with Gasteiger partial charge in [0.25, 0.3) is 0 Å². The SMILES string of the molecule is CC(CCO)CCCC(C)(C)N=[N+]=[N-]. The molecule has 1 unspecified atom stereocenters. The van der Waals surface area contributed by atoms with Crippen molar-refractivity contribution in [1.29, 1.82) is 0 Å². The van der Waals surface area contributed by atoms with Crippen LogP contribution in [0.5, 0.6) is 0 Å². The van der Waals surface area contributed by atoms with Crippen LogP contribution in [0.2, 0.25) is 0 Å². The van der Waals surface area contributed by atoms with Gasteiger partial charge in [0.2, 0.25) is 0 Å². The fraction of sp³-hybridized carbons (Fsp3) is 1.00. The molecule has 0 spiro atoms. The van der Waals surface area contributed by atoms with Crippen LogP contribution in [0.4, 0.5) is 0 Å². The lowest BCUT2D eigenvalue weighted by Crippen LogP contribution is -2.15. The number of aliphatic hydroxyl groups excluding tert-OH is 1. The number of hydrogen-bond acceptors (Lipinski definition) is 2. The maximum Gasteiger partial charge on any atom is 0.0433 e. The molecule has 1 N–H and O–H groups in total. The standard InChI is InChI=1S/C10H21N3O/c1-9(6-8-14)5-4-7-10(2,3)12-13-11/h9,14H,4-8H2,1-3H3. The van der Waals surface area contributed by atoms with Crippen molar-refractivity contribution in [3.63, 3.8) is 0 Å². The molecule has 0 bridgehead atoms. The summed E-state index contributed by atoms with van der Waals surface area (Å²) in [5.41, 5.74) is 8.05. The Labute approximate surface area is 86.0 Å². The zero-order chi connectivity index (χ0) is 11.0. The van der Waals surface area contributed by atoms with Crippen LogP contribution in [0.25, 0.3) is 10.4 Å². The number of rotatable bonds is 7. The second-order valence-corrected chi connectivity index (χ2v) is 4.51. The summed E-state index contributed by atoms with van der Waals surface area (Å²) in [5.74, 6) is 0.557. The maximum absolute atomic E-state index is 8.71. The molecule has 0 rings (SSSR count). The molecule has 1 atom stereocenters. The molecule has 0 aromatic rings. The lowest BCUT2D eigenvalue weighted by molar-refractivity contribution is 0.255. The second kappa shape index (κ2) is 6.68. The largest absolute Gasteiger partial charge is 0.396 e. The predicted octanol–water partition coefficient (Wildman–Crippen LogP) is 3.26. The summed E-state index contributed by atoms with van der Waals surface area (Å²) in [6, 6.07) is 0. The van der Waals surface area contributed by atoms with Crippen LogP contribution in [-0.4, -0.2) is 17.3 Å². The van der Waals surface area contributed by atoms with Crippen LogP contribution in [0.15, 0.2) is 5.11 Å². The zero-order valence-electron chi connectivity index (χ0n) is 9.40. The average molecular weight is 199 g/mol. The van der Waals surface area contributed by atoms with E-state index in [0.29, 0.717) is 5.92 Å². The van der Waals surface area contributed by atoms with Gasteiger partial charge in [-0.3, -0.25) is 0 Å². The first-order valence-electron chi connectivity index (χ1n) is 5.19. The summed E-state index contributed by atoms with van der Waals surface area (Å²) in [6.45, 7) is 6.30. The quantitative estimate of drug-likeness (QED) is 0.381. The molecule has 0 aromatic carbocycles. The van der Waals surface area contributed by atoms with Gasteiger partial charge in [0, 0.05) is 17.1 Å². The molecule has 0 amide bonds. The second-order valence-electron chi connectivity index (χ2n) is 4.51. The minimum absolute atomic E-state index is 0.265. The fourth-order valence-corrected chi connectivity index (χ4v) is 1.42. The highest BCUT2D eigenvalue weighted by atomic mass is 16.3. The van der Waals surface area contributed by atoms with E-state index in [9.17, 15) is 0 Å². The first-order valence-corrected chi connectivity index (χ1v) is 5.19. The summed E-state index contributed by atoms with van der Waals surface area (Å²) in [5, 5.41) is 12.4. The minimum atomic E-state index is -0.270. The van der Waals surface area contributed by atoms with E-state index in [1.807, 2.05) is 13.8 Å². The van der Waals surface area contributed by atoms with Gasteiger partial charge in [-0.2, -0.15) is 0 Å². The van der Waals surface area contributed by atoms with Crippen molar-refractivity contribution in [2.75, 3.05) is 6.61 Å². The Hall–Kier alpha value is -0.730. The van der Waals surface area contributed by atoms with Crippen molar-refractivity contribution in [3.05, 3.63) is 10.4 Å². The third kappa shape index (κ3) is 6.75. The molecule has 0 saturated carbocycles. The Morgan fingerprint density at radius 1 is 1.43 bits per heavy atom. The van der Waals surface area contributed by atoms with E-state index in [1.165, 1.54) is 0 Å². The summed E-state index contributed by atoms with van der Waals surface area (Å²) >= 11 is 0. The molecular formula is C10H21N3O. The van der Waals surface area contributed by atoms with E-state index in [0.717, 1.165) is 25.7 Å². The van der Waals surface area contributed by atoms with Gasteiger partial charge in [-0.15, -0.1) is 0 Å². The van der Waals surface area contributed by atoms with Crippen LogP contribution in [0, 0.1) is 5.92 Å². The van der Waals surface area contributed by atoms with E-state index in [4.69, 9.17) is 10.6 Å². The smallest absolute Gasteiger partial charge is 0.0433 e. The van der Waals surface area contributed by atoms with Crippen molar-refractivity contribution in [2.45, 2.75) is 52.0 Å². The highest BCUT2D eigenvalue weighted by Gasteiger charge is 2.15. The zero-order valence-corrected chi connectivity index (χ0v) is 9.40. The van der Waals surface area contributed by atoms with E-state index in [2.05, 4.69) is 16.9 Å². The number of nitrogens with zero attached hydrogens (tertiary/aromatic N) is 3. The minimum Gasteiger partial charge on any atom is -0.396 e. The molecule has 0 saturated heterocycles. The molecule has 0 aliphatic heterocycles. The van der Waals surface area contributed by atoms with Crippen molar-refractivity contribution >= 4 is 0 Å². The lowest BCUT2D eigenvalue weighted by atomic mass is 9.94. The van der Waals surface area contributed by atoms with Gasteiger partial charge in [0.1, 0.15) is 0 Å². The summed E-state index contributed by atoms with van der Waals surface area (Å²) in [4.78, 5) is 2.83. The summed E-state index contributed by atoms with van der Waals surface area (Å²) in [7, 11) is 0. The third-order valence-electron chi connectivity index (χ3n) is 2.42. The predicted molar refractivity (Wildman–Crippen MR) is 57.9 cm³/mol. The van der Waals surface area contributed by atoms with Gasteiger partial charge in [-0.05, 0) is 24.3 Å². The Kier molecular flexibility index (Phi) is 6.34. The molecule has 0 heterocycles. The highest BCUT2D eigenvalue weighted by molar-refractivity contribution is 4.77. The first kappa shape index (κ1) is 13.3. The average Bonchev–Trinajstić information content (AvgIpc) is 2.03. The molecular weight excluding hydrogens is 178 g/mol. The van der Waals surface area contributed by atoms with Gasteiger partial charge in [0.15, 0.2) is 0 Å². The van der Waals surface area contributed by atoms with Crippen molar-refractivity contribution in [3.8, 4) is 0 Å². The van der Waals surface area contributed by atoms with Crippen LogP contribution < -0.4 is 0 Å². The van der Waals surface area contributed by atoms with Gasteiger partial charge in [-0.1, -0.05) is 38.7 Å². The summed E-state index contributed by atoms with van der Waals surface area (Å²) in [6.07, 6.45) is 3.91. The molecule has 4 nitrogen and oxygen atoms in total. The fourth-order valence-electron chi connectivity index (χ4n) is 1.42. The number of azide groups is 1. The Morgan fingerprint density at radius 2 is 2.07 bits per heavy atom. The first-order chi connectivity index (χ1) is 6.52.